The Bertz CT molecular complexity index is 1000. The molecule has 168 valence electrons. The number of nitrogens with one attached hydrogen (secondary N) is 1. The summed E-state index contributed by atoms with van der Waals surface area (Å²) >= 11 is 7.74. The van der Waals surface area contributed by atoms with Gasteiger partial charge in [-0.3, -0.25) is 4.79 Å². The second-order valence-electron chi connectivity index (χ2n) is 8.14. The second-order valence-corrected chi connectivity index (χ2v) is 9.65. The van der Waals surface area contributed by atoms with Crippen LogP contribution in [0.2, 0.25) is 0 Å². The predicted molar refractivity (Wildman–Crippen MR) is 129 cm³/mol. The predicted octanol–water partition coefficient (Wildman–Crippen LogP) is 5.58. The molecule has 0 atom stereocenters. The van der Waals surface area contributed by atoms with E-state index in [1.807, 2.05) is 31.2 Å². The number of thiazole rings is 1. The third-order valence-corrected chi connectivity index (χ3v) is 6.30. The Balaban J connectivity index is 0.00000141. The van der Waals surface area contributed by atoms with Gasteiger partial charge >= 0.3 is 0 Å². The fraction of sp³-hybridized carbons (Fsp3) is 0.400. The maximum Gasteiger partial charge on any atom is 0.278 e. The first-order valence-corrected chi connectivity index (χ1v) is 11.8. The van der Waals surface area contributed by atoms with Crippen molar-refractivity contribution < 1.29 is 14.3 Å². The van der Waals surface area contributed by atoms with Gasteiger partial charge in [0.15, 0.2) is 0 Å². The van der Waals surface area contributed by atoms with Crippen LogP contribution in [0.5, 0.6) is 5.19 Å². The summed E-state index contributed by atoms with van der Waals surface area (Å²) in [7, 11) is 0. The van der Waals surface area contributed by atoms with E-state index < -0.39 is 0 Å². The Morgan fingerprint density at radius 2 is 2.19 bits per heavy atom. The van der Waals surface area contributed by atoms with Crippen molar-refractivity contribution in [2.75, 3.05) is 13.2 Å². The van der Waals surface area contributed by atoms with E-state index in [2.05, 4.69) is 28.9 Å². The van der Waals surface area contributed by atoms with Gasteiger partial charge in [-0.05, 0) is 62.0 Å². The van der Waals surface area contributed by atoms with Crippen LogP contribution in [0.4, 0.5) is 0 Å². The number of amides is 1. The number of carbonyl (C=O) groups is 1. The standard InChI is InChI=1S/C23H25ClN2O3S.C2H2/c1-23(9-10-23)21(27)25-11-3-2-4-20-14-26-22(30-20)29-19-8-7-18(12-17(24)13-19)28-15-16-5-6-16;1-2/h3-4,7-8,12,14,16H,5-6,9-11,13,15H2,1H3,(H,25,27);1-2H. The monoisotopic (exact) mass is 470 g/mol. The molecule has 1 aromatic rings. The molecule has 0 aromatic carbocycles. The van der Waals surface area contributed by atoms with Gasteiger partial charge in [-0.1, -0.05) is 29.9 Å². The molecule has 1 aromatic heterocycles. The number of hydrogen-bond donors (Lipinski definition) is 1. The summed E-state index contributed by atoms with van der Waals surface area (Å²) in [5, 5.41) is 4.12. The SMILES string of the molecule is C#C.CC1(C(=O)NCC=C=Cc2cnc(OC3=CC=C(OCC4CC4)C=C(Cl)C3)s2)CC1. The number of ether oxygens (including phenoxy) is 2. The van der Waals surface area contributed by atoms with Crippen LogP contribution in [0.1, 0.15) is 43.9 Å². The summed E-state index contributed by atoms with van der Waals surface area (Å²) in [6.45, 7) is 3.21. The number of halogens is 1. The molecule has 3 aliphatic rings. The lowest BCUT2D eigenvalue weighted by Crippen LogP contribution is -2.30. The molecule has 0 aliphatic heterocycles. The highest BCUT2D eigenvalue weighted by Gasteiger charge is 2.44. The van der Waals surface area contributed by atoms with Gasteiger partial charge in [-0.25, -0.2) is 4.98 Å². The average molecular weight is 471 g/mol. The van der Waals surface area contributed by atoms with E-state index in [4.69, 9.17) is 21.1 Å². The van der Waals surface area contributed by atoms with Crippen LogP contribution < -0.4 is 10.1 Å². The van der Waals surface area contributed by atoms with E-state index in [9.17, 15) is 4.79 Å². The highest BCUT2D eigenvalue weighted by molar-refractivity contribution is 7.14. The van der Waals surface area contributed by atoms with Crippen molar-refractivity contribution in [3.63, 3.8) is 0 Å². The number of hydrogen-bond acceptors (Lipinski definition) is 5. The van der Waals surface area contributed by atoms with E-state index in [0.717, 1.165) is 35.8 Å². The Morgan fingerprint density at radius 1 is 1.41 bits per heavy atom. The molecule has 1 N–H and O–H groups in total. The zero-order valence-electron chi connectivity index (χ0n) is 18.1. The molecular formula is C25H27ClN2O3S. The molecule has 2 saturated carbocycles. The van der Waals surface area contributed by atoms with E-state index in [0.29, 0.717) is 29.1 Å². The molecule has 2 fully saturated rings. The van der Waals surface area contributed by atoms with Gasteiger partial charge in [-0.15, -0.1) is 18.6 Å². The Hall–Kier alpha value is -2.71. The van der Waals surface area contributed by atoms with Gasteiger partial charge in [-0.2, -0.15) is 0 Å². The molecule has 0 bridgehead atoms. The Morgan fingerprint density at radius 3 is 2.91 bits per heavy atom. The Labute approximate surface area is 198 Å². The zero-order valence-corrected chi connectivity index (χ0v) is 19.7. The van der Waals surface area contributed by atoms with Gasteiger partial charge in [0.1, 0.15) is 11.5 Å². The maximum atomic E-state index is 11.9. The number of rotatable bonds is 9. The molecule has 0 spiro atoms. The molecule has 5 nitrogen and oxygen atoms in total. The smallest absolute Gasteiger partial charge is 0.278 e. The minimum Gasteiger partial charge on any atom is -0.493 e. The maximum absolute atomic E-state index is 11.9. The van der Waals surface area contributed by atoms with Crippen LogP contribution in [0, 0.1) is 24.2 Å². The molecule has 4 rings (SSSR count). The number of carbonyl (C=O) groups excluding carboxylic acids is 1. The summed E-state index contributed by atoms with van der Waals surface area (Å²) < 4.78 is 11.7. The molecule has 0 saturated heterocycles. The van der Waals surface area contributed by atoms with Gasteiger partial charge in [0.05, 0.1) is 11.5 Å². The van der Waals surface area contributed by atoms with Gasteiger partial charge in [0.25, 0.3) is 5.19 Å². The largest absolute Gasteiger partial charge is 0.493 e. The van der Waals surface area contributed by atoms with Crippen molar-refractivity contribution in [1.29, 1.82) is 0 Å². The fourth-order valence-corrected chi connectivity index (χ4v) is 3.71. The highest BCUT2D eigenvalue weighted by atomic mass is 35.5. The molecule has 3 aliphatic carbocycles. The fourth-order valence-electron chi connectivity index (χ4n) is 2.78. The van der Waals surface area contributed by atoms with Crippen LogP contribution in [-0.4, -0.2) is 24.0 Å². The summed E-state index contributed by atoms with van der Waals surface area (Å²) in [6.07, 6.45) is 23.9. The lowest BCUT2D eigenvalue weighted by atomic mass is 10.1. The molecule has 0 radical (unpaired) electrons. The first-order chi connectivity index (χ1) is 15.5. The zero-order chi connectivity index (χ0) is 23.0. The van der Waals surface area contributed by atoms with Crippen LogP contribution in [-0.2, 0) is 9.53 Å². The summed E-state index contributed by atoms with van der Waals surface area (Å²) in [5.74, 6) is 2.29. The Kier molecular flexibility index (Phi) is 8.41. The van der Waals surface area contributed by atoms with Gasteiger partial charge in [0, 0.05) is 29.6 Å². The number of allylic oxidation sites excluding steroid dienone is 4. The highest BCUT2D eigenvalue weighted by Crippen LogP contribution is 2.44. The third kappa shape index (κ3) is 7.46. The summed E-state index contributed by atoms with van der Waals surface area (Å²) in [5.41, 5.74) is 2.93. The van der Waals surface area contributed by atoms with Crippen molar-refractivity contribution >= 4 is 34.9 Å². The summed E-state index contributed by atoms with van der Waals surface area (Å²) in [4.78, 5) is 17.1. The molecule has 32 heavy (non-hydrogen) atoms. The lowest BCUT2D eigenvalue weighted by molar-refractivity contribution is -0.125. The van der Waals surface area contributed by atoms with Crippen molar-refractivity contribution in [2.45, 2.75) is 39.0 Å². The quantitative estimate of drug-likeness (QED) is 0.378. The first kappa shape index (κ1) is 23.9. The van der Waals surface area contributed by atoms with E-state index in [1.54, 1.807) is 12.3 Å². The van der Waals surface area contributed by atoms with Crippen molar-refractivity contribution in [2.24, 2.45) is 11.3 Å². The van der Waals surface area contributed by atoms with Crippen molar-refractivity contribution in [1.82, 2.24) is 10.3 Å². The van der Waals surface area contributed by atoms with E-state index in [1.165, 1.54) is 24.2 Å². The van der Waals surface area contributed by atoms with Crippen LogP contribution in [0.25, 0.3) is 6.08 Å². The van der Waals surface area contributed by atoms with Crippen molar-refractivity contribution in [3.05, 3.63) is 57.7 Å². The van der Waals surface area contributed by atoms with Gasteiger partial charge < -0.3 is 14.8 Å². The molecular weight excluding hydrogens is 444 g/mol. The molecule has 1 amide bonds. The molecule has 0 unspecified atom stereocenters. The molecule has 7 heteroatoms. The van der Waals surface area contributed by atoms with Gasteiger partial charge in [0.2, 0.25) is 5.91 Å². The average Bonchev–Trinajstić information content (AvgIpc) is 3.71. The second kappa shape index (κ2) is 11.2. The topological polar surface area (TPSA) is 60.5 Å². The number of terminal acetylenes is 1. The number of aromatic nitrogens is 1. The van der Waals surface area contributed by atoms with Crippen LogP contribution in [0.3, 0.4) is 0 Å². The minimum atomic E-state index is -0.147. The summed E-state index contributed by atoms with van der Waals surface area (Å²) in [6, 6.07) is 0. The minimum absolute atomic E-state index is 0.119. The van der Waals surface area contributed by atoms with E-state index >= 15 is 0 Å². The van der Waals surface area contributed by atoms with Crippen LogP contribution >= 0.6 is 22.9 Å². The third-order valence-electron chi connectivity index (χ3n) is 5.24. The van der Waals surface area contributed by atoms with Crippen LogP contribution in [0.15, 0.2) is 52.8 Å². The first-order valence-electron chi connectivity index (χ1n) is 10.6. The van der Waals surface area contributed by atoms with Crippen molar-refractivity contribution in [3.8, 4) is 18.0 Å². The van der Waals surface area contributed by atoms with E-state index in [-0.39, 0.29) is 11.3 Å². The lowest BCUT2D eigenvalue weighted by Gasteiger charge is -2.06. The number of nitrogens with zero attached hydrogens (tertiary/aromatic N) is 1. The molecule has 1 heterocycles. The normalized spacial score (nSPS) is 18.2.